The summed E-state index contributed by atoms with van der Waals surface area (Å²) in [5, 5.41) is 5.42. The van der Waals surface area contributed by atoms with Crippen molar-refractivity contribution in [3.05, 3.63) is 143 Å². The fourth-order valence-corrected chi connectivity index (χ4v) is 9.84. The molecule has 0 saturated carbocycles. The Labute approximate surface area is 325 Å². The van der Waals surface area contributed by atoms with Gasteiger partial charge in [0.25, 0.3) is 11.8 Å². The Kier molecular flexibility index (Phi) is 13.6. The third kappa shape index (κ3) is 9.62. The summed E-state index contributed by atoms with van der Waals surface area (Å²) in [5.74, 6) is -0.645. The molecule has 5 amide bonds. The third-order valence-corrected chi connectivity index (χ3v) is 12.9. The maximum atomic E-state index is 14.5. The lowest BCUT2D eigenvalue weighted by Crippen LogP contribution is -2.56. The molecule has 11 heteroatoms. The van der Waals surface area contributed by atoms with Crippen LogP contribution in [0.4, 0.5) is 0 Å². The van der Waals surface area contributed by atoms with Crippen LogP contribution in [0.15, 0.2) is 115 Å². The van der Waals surface area contributed by atoms with Crippen molar-refractivity contribution in [2.24, 2.45) is 0 Å². The van der Waals surface area contributed by atoms with Gasteiger partial charge in [-0.3, -0.25) is 28.9 Å². The van der Waals surface area contributed by atoms with Gasteiger partial charge >= 0.3 is 0 Å². The van der Waals surface area contributed by atoms with E-state index in [1.165, 1.54) is 15.7 Å². The minimum absolute atomic E-state index is 0.00858. The Hall–Kier alpha value is -4.87. The first kappa shape index (κ1) is 38.8. The Morgan fingerprint density at radius 2 is 1.35 bits per heavy atom. The second kappa shape index (κ2) is 18.9. The molecule has 2 heterocycles. The van der Waals surface area contributed by atoms with E-state index < -0.39 is 17.3 Å². The minimum Gasteiger partial charge on any atom is -0.357 e. The van der Waals surface area contributed by atoms with E-state index in [0.717, 1.165) is 16.7 Å². The summed E-state index contributed by atoms with van der Waals surface area (Å²) in [5.41, 5.74) is 4.01. The molecule has 4 aromatic rings. The number of amides is 5. The number of rotatable bonds is 16. The van der Waals surface area contributed by atoms with Crippen LogP contribution in [0.3, 0.4) is 0 Å². The van der Waals surface area contributed by atoms with Crippen molar-refractivity contribution < 1.29 is 24.0 Å². The van der Waals surface area contributed by atoms with Crippen LogP contribution < -0.4 is 10.6 Å². The summed E-state index contributed by atoms with van der Waals surface area (Å²) in [6, 6.07) is 35.0. The van der Waals surface area contributed by atoms with Gasteiger partial charge in [-0.1, -0.05) is 131 Å². The highest BCUT2D eigenvalue weighted by atomic mass is 33.1. The van der Waals surface area contributed by atoms with Gasteiger partial charge in [0.1, 0.15) is 12.1 Å². The molecule has 54 heavy (non-hydrogen) atoms. The van der Waals surface area contributed by atoms with Crippen molar-refractivity contribution in [3.63, 3.8) is 0 Å². The Morgan fingerprint density at radius 3 is 1.98 bits per heavy atom. The molecule has 2 N–H and O–H groups in total. The Balaban J connectivity index is 1.19. The molecule has 6 rings (SSSR count). The molecule has 280 valence electrons. The molecule has 0 aliphatic carbocycles. The van der Waals surface area contributed by atoms with E-state index in [0.29, 0.717) is 61.9 Å². The maximum Gasteiger partial charge on any atom is 0.261 e. The molecule has 0 spiro atoms. The second-order valence-corrected chi connectivity index (χ2v) is 16.3. The number of hydrogen-bond donors (Lipinski definition) is 2. The van der Waals surface area contributed by atoms with E-state index in [4.69, 9.17) is 0 Å². The summed E-state index contributed by atoms with van der Waals surface area (Å²) < 4.78 is 0. The third-order valence-electron chi connectivity index (χ3n) is 10.1. The topological polar surface area (TPSA) is 116 Å². The number of nitrogens with one attached hydrogen (secondary N) is 2. The molecule has 1 fully saturated rings. The highest BCUT2D eigenvalue weighted by molar-refractivity contribution is 8.76. The van der Waals surface area contributed by atoms with Crippen LogP contribution in [0, 0.1) is 0 Å². The summed E-state index contributed by atoms with van der Waals surface area (Å²) in [7, 11) is 4.64. The average molecular weight is 763 g/mol. The second-order valence-electron chi connectivity index (χ2n) is 13.7. The van der Waals surface area contributed by atoms with Crippen LogP contribution in [0.25, 0.3) is 0 Å². The number of carbonyl (C=O) groups is 5. The van der Waals surface area contributed by atoms with Crippen molar-refractivity contribution in [2.75, 3.05) is 20.1 Å². The van der Waals surface area contributed by atoms with E-state index in [9.17, 15) is 24.0 Å². The lowest BCUT2D eigenvalue weighted by Gasteiger charge is -2.32. The lowest BCUT2D eigenvalue weighted by atomic mass is 9.90. The molecule has 2 aliphatic rings. The van der Waals surface area contributed by atoms with Gasteiger partial charge in [-0.25, -0.2) is 0 Å². The van der Waals surface area contributed by atoms with E-state index in [2.05, 4.69) is 22.8 Å². The zero-order valence-electron chi connectivity index (χ0n) is 30.4. The predicted octanol–water partition coefficient (Wildman–Crippen LogP) is 6.65. The number of unbranched alkanes of at least 4 members (excludes halogenated alkanes) is 1. The molecule has 0 aromatic heterocycles. The highest BCUT2D eigenvalue weighted by Crippen LogP contribution is 2.35. The van der Waals surface area contributed by atoms with Gasteiger partial charge in [0.05, 0.1) is 16.4 Å². The Morgan fingerprint density at radius 1 is 0.759 bits per heavy atom. The van der Waals surface area contributed by atoms with E-state index in [1.807, 2.05) is 78.9 Å². The number of benzene rings is 4. The van der Waals surface area contributed by atoms with Crippen molar-refractivity contribution in [2.45, 2.75) is 67.5 Å². The van der Waals surface area contributed by atoms with Crippen LogP contribution in [0.2, 0.25) is 0 Å². The molecule has 9 nitrogen and oxygen atoms in total. The normalized spacial score (nSPS) is 18.1. The van der Waals surface area contributed by atoms with Gasteiger partial charge in [-0.05, 0) is 60.4 Å². The molecule has 4 unspecified atom stereocenters. The first-order valence-corrected chi connectivity index (χ1v) is 20.9. The van der Waals surface area contributed by atoms with Crippen LogP contribution >= 0.6 is 21.6 Å². The molecule has 0 radical (unpaired) electrons. The molecule has 0 bridgehead atoms. The average Bonchev–Trinajstić information content (AvgIpc) is 3.33. The van der Waals surface area contributed by atoms with Crippen molar-refractivity contribution >= 4 is 51.1 Å². The molecular weight excluding hydrogens is 717 g/mol. The van der Waals surface area contributed by atoms with Gasteiger partial charge in [-0.15, -0.1) is 0 Å². The number of likely N-dealkylation sites (N-methyl/N-ethyl adjacent to an activating group) is 1. The summed E-state index contributed by atoms with van der Waals surface area (Å²) in [6.07, 6.45) is 3.03. The molecule has 4 atom stereocenters. The molecule has 1 saturated heterocycles. The number of imide groups is 1. The Bertz CT molecular complexity index is 1880. The number of nitrogens with zero attached hydrogens (tertiary/aromatic N) is 2. The lowest BCUT2D eigenvalue weighted by molar-refractivity contribution is -0.142. The SMILES string of the molecule is CNC(=O)C(Cc1ccccc1)N1CCC(c2ccccc2)CC(NC(=O)C(CCCCN2C(=O)c3ccccc3C2=O)SSCc2ccccc2)C1=O. The first-order chi connectivity index (χ1) is 26.3. The zero-order valence-corrected chi connectivity index (χ0v) is 32.0. The zero-order chi connectivity index (χ0) is 37.9. The van der Waals surface area contributed by atoms with E-state index in [-0.39, 0.29) is 42.0 Å². The fraction of sp³-hybridized carbons (Fsp3) is 0.326. The van der Waals surface area contributed by atoms with Crippen molar-refractivity contribution in [3.8, 4) is 0 Å². The largest absolute Gasteiger partial charge is 0.357 e. The van der Waals surface area contributed by atoms with Gasteiger partial charge in [0.15, 0.2) is 0 Å². The van der Waals surface area contributed by atoms with Gasteiger partial charge < -0.3 is 15.5 Å². The summed E-state index contributed by atoms with van der Waals surface area (Å²) in [4.78, 5) is 71.1. The number of hydrogen-bond acceptors (Lipinski definition) is 7. The van der Waals surface area contributed by atoms with Crippen molar-refractivity contribution in [1.82, 2.24) is 20.4 Å². The standard InChI is InChI=1S/C43H46N4O5S2/c1-44-39(48)37(27-30-15-5-2-6-16-30)46-26-24-33(32-19-9-4-10-20-32)28-36(43(46)52)45-40(49)38(54-53-29-31-17-7-3-8-18-31)23-13-14-25-47-41(50)34-21-11-12-22-35(34)42(47)51/h2-12,15-22,33,36-38H,13-14,23-29H2,1H3,(H,44,48)(H,45,49). The van der Waals surface area contributed by atoms with E-state index >= 15 is 0 Å². The van der Waals surface area contributed by atoms with Crippen LogP contribution in [0.5, 0.6) is 0 Å². The van der Waals surface area contributed by atoms with Gasteiger partial charge in [-0.2, -0.15) is 0 Å². The monoisotopic (exact) mass is 762 g/mol. The summed E-state index contributed by atoms with van der Waals surface area (Å²) >= 11 is 0. The van der Waals surface area contributed by atoms with Crippen LogP contribution in [0.1, 0.15) is 75.4 Å². The highest BCUT2D eigenvalue weighted by Gasteiger charge is 2.40. The molecular formula is C43H46N4O5S2. The first-order valence-electron chi connectivity index (χ1n) is 18.5. The number of likely N-dealkylation sites (tertiary alicyclic amines) is 1. The van der Waals surface area contributed by atoms with Crippen LogP contribution in [-0.4, -0.2) is 76.8 Å². The predicted molar refractivity (Wildman–Crippen MR) is 215 cm³/mol. The molecule has 2 aliphatic heterocycles. The fourth-order valence-electron chi connectivity index (χ4n) is 7.20. The smallest absolute Gasteiger partial charge is 0.261 e. The maximum absolute atomic E-state index is 14.5. The van der Waals surface area contributed by atoms with E-state index in [1.54, 1.807) is 47.0 Å². The van der Waals surface area contributed by atoms with Gasteiger partial charge in [0.2, 0.25) is 17.7 Å². The summed E-state index contributed by atoms with van der Waals surface area (Å²) in [6.45, 7) is 0.637. The van der Waals surface area contributed by atoms with Crippen molar-refractivity contribution in [1.29, 1.82) is 0 Å². The van der Waals surface area contributed by atoms with Crippen LogP contribution in [-0.2, 0) is 26.6 Å². The van der Waals surface area contributed by atoms with Gasteiger partial charge in [0, 0.05) is 32.3 Å². The number of fused-ring (bicyclic) bond motifs is 1. The molecule has 4 aromatic carbocycles. The number of carbonyl (C=O) groups excluding carboxylic acids is 5. The minimum atomic E-state index is -0.839. The quantitative estimate of drug-likeness (QED) is 0.0747.